The van der Waals surface area contributed by atoms with Crippen molar-refractivity contribution in [2.75, 3.05) is 0 Å². The Morgan fingerprint density at radius 2 is 1.46 bits per heavy atom. The highest BCUT2D eigenvalue weighted by Crippen LogP contribution is 2.70. The van der Waals surface area contributed by atoms with Crippen molar-refractivity contribution in [3.63, 3.8) is 0 Å². The number of fused-ring (bicyclic) bond motifs is 10. The minimum absolute atomic E-state index is 0.0210. The first-order chi connectivity index (χ1) is 22.5. The number of carbonyl (C=O) groups is 5. The SMILES string of the molecule is C[C@H]1C[C@]2(C)C(C(=O)O)CCC2C2CC=C3NC(=O)[C@@H](C4CC(C(=O)O)[C@@]5(C)CC(=O)C6C(CC=C7NC(=O)CC[C@@]76C)C45)C[C@]3(C)C21. The number of carboxylic acid groups (broad SMARTS) is 2. The molecule has 2 amide bonds. The highest BCUT2D eigenvalue weighted by atomic mass is 16.4. The standard InChI is InChI=1S/C39H52N2O7/c1-18-15-37(3)23(8-9-24(37)34(45)46)19-6-10-28-39(5,30(18)19)16-22(33(44)41-28)21-14-25(35(47)48)38(4)17-26(42)32-20(31(21)38)7-11-27-36(32,2)13-12-29(43)40-27/h10-11,18-25,30-32H,6-9,12-17H2,1-5H3,(H,40,43)(H,41,44)(H,45,46)(H,47,48)/t18-,19?,20?,21?,22+,23?,24?,25?,30?,31?,32?,36-,37-,38+,39-/m0/s1. The summed E-state index contributed by atoms with van der Waals surface area (Å²) in [5.74, 6) is -2.38. The van der Waals surface area contributed by atoms with Gasteiger partial charge < -0.3 is 20.8 Å². The molecule has 0 bridgehead atoms. The molecule has 0 aromatic heterocycles. The molecule has 2 aliphatic heterocycles. The molecule has 0 aromatic carbocycles. The van der Waals surface area contributed by atoms with Gasteiger partial charge in [-0.15, -0.1) is 0 Å². The van der Waals surface area contributed by atoms with Crippen molar-refractivity contribution in [2.45, 2.75) is 98.8 Å². The van der Waals surface area contributed by atoms with Crippen LogP contribution in [0.3, 0.4) is 0 Å². The first-order valence-electron chi connectivity index (χ1n) is 18.5. The summed E-state index contributed by atoms with van der Waals surface area (Å²) < 4.78 is 0. The quantitative estimate of drug-likeness (QED) is 0.310. The number of nitrogens with one attached hydrogen (secondary N) is 2. The van der Waals surface area contributed by atoms with Crippen LogP contribution >= 0.6 is 0 Å². The van der Waals surface area contributed by atoms with Gasteiger partial charge in [-0.3, -0.25) is 24.0 Å². The Hall–Kier alpha value is -2.97. The average molecular weight is 661 g/mol. The maximum absolute atomic E-state index is 14.3. The Labute approximate surface area is 283 Å². The number of piperidine rings is 2. The van der Waals surface area contributed by atoms with E-state index in [0.29, 0.717) is 49.9 Å². The molecule has 2 saturated heterocycles. The van der Waals surface area contributed by atoms with E-state index >= 15 is 0 Å². The zero-order chi connectivity index (χ0) is 34.3. The number of amides is 2. The summed E-state index contributed by atoms with van der Waals surface area (Å²) in [4.78, 5) is 66.2. The molecule has 6 aliphatic carbocycles. The van der Waals surface area contributed by atoms with Gasteiger partial charge in [-0.1, -0.05) is 46.8 Å². The summed E-state index contributed by atoms with van der Waals surface area (Å²) in [6.07, 6.45) is 10.4. The fraction of sp³-hybridized carbons (Fsp3) is 0.769. The number of hydrogen-bond acceptors (Lipinski definition) is 5. The van der Waals surface area contributed by atoms with Gasteiger partial charge in [0.25, 0.3) is 0 Å². The van der Waals surface area contributed by atoms with Gasteiger partial charge in [-0.05, 0) is 104 Å². The van der Waals surface area contributed by atoms with Crippen molar-refractivity contribution < 1.29 is 34.2 Å². The molecule has 15 atom stereocenters. The average Bonchev–Trinajstić information content (AvgIpc) is 3.50. The van der Waals surface area contributed by atoms with Gasteiger partial charge in [0.15, 0.2) is 0 Å². The fourth-order valence-electron chi connectivity index (χ4n) is 14.8. The molecule has 8 rings (SSSR count). The molecule has 0 aromatic rings. The molecular weight excluding hydrogens is 608 g/mol. The maximum Gasteiger partial charge on any atom is 0.307 e. The van der Waals surface area contributed by atoms with Crippen LogP contribution < -0.4 is 10.6 Å². The van der Waals surface area contributed by atoms with Crippen LogP contribution in [-0.2, 0) is 24.0 Å². The van der Waals surface area contributed by atoms with Crippen LogP contribution in [0.4, 0.5) is 0 Å². The summed E-state index contributed by atoms with van der Waals surface area (Å²) >= 11 is 0. The lowest BCUT2D eigenvalue weighted by Gasteiger charge is -2.61. The van der Waals surface area contributed by atoms with Crippen molar-refractivity contribution >= 4 is 29.5 Å². The van der Waals surface area contributed by atoms with E-state index in [-0.39, 0.29) is 76.3 Å². The molecule has 4 saturated carbocycles. The molecule has 48 heavy (non-hydrogen) atoms. The summed E-state index contributed by atoms with van der Waals surface area (Å²) in [5.41, 5.74) is 0.0203. The van der Waals surface area contributed by atoms with E-state index in [2.05, 4.69) is 50.5 Å². The van der Waals surface area contributed by atoms with Gasteiger partial charge in [0, 0.05) is 46.9 Å². The summed E-state index contributed by atoms with van der Waals surface area (Å²) in [7, 11) is 0. The van der Waals surface area contributed by atoms with Crippen LogP contribution in [0.1, 0.15) is 98.8 Å². The molecule has 6 fully saturated rings. The number of Topliss-reactive ketones (excluding diaryl/α,β-unsaturated/α-hetero) is 1. The third-order valence-corrected chi connectivity index (χ3v) is 16.4. The van der Waals surface area contributed by atoms with E-state index < -0.39 is 28.7 Å². The van der Waals surface area contributed by atoms with Crippen LogP contribution in [0, 0.1) is 86.8 Å². The van der Waals surface area contributed by atoms with E-state index in [1.165, 1.54) is 0 Å². The van der Waals surface area contributed by atoms with E-state index in [9.17, 15) is 34.2 Å². The smallest absolute Gasteiger partial charge is 0.307 e. The lowest BCUT2D eigenvalue weighted by atomic mass is 9.44. The monoisotopic (exact) mass is 660 g/mol. The summed E-state index contributed by atoms with van der Waals surface area (Å²) in [5, 5.41) is 27.2. The second kappa shape index (κ2) is 10.3. The van der Waals surface area contributed by atoms with Gasteiger partial charge in [0.2, 0.25) is 11.8 Å². The van der Waals surface area contributed by atoms with Gasteiger partial charge in [0.05, 0.1) is 11.8 Å². The van der Waals surface area contributed by atoms with Crippen molar-refractivity contribution in [3.8, 4) is 0 Å². The third-order valence-electron chi connectivity index (χ3n) is 16.4. The molecule has 9 heteroatoms. The zero-order valence-corrected chi connectivity index (χ0v) is 29.0. The van der Waals surface area contributed by atoms with Crippen LogP contribution in [-0.4, -0.2) is 39.7 Å². The number of hydrogen-bond donors (Lipinski definition) is 4. The normalized spacial score (nSPS) is 52.2. The molecule has 0 radical (unpaired) electrons. The Morgan fingerprint density at radius 1 is 0.792 bits per heavy atom. The zero-order valence-electron chi connectivity index (χ0n) is 29.0. The number of rotatable bonds is 3. The Bertz CT molecular complexity index is 1580. The molecule has 9 nitrogen and oxygen atoms in total. The second-order valence-electron chi connectivity index (χ2n) is 18.4. The molecule has 260 valence electrons. The summed E-state index contributed by atoms with van der Waals surface area (Å²) in [6.45, 7) is 10.9. The van der Waals surface area contributed by atoms with Gasteiger partial charge in [-0.25, -0.2) is 0 Å². The Kier molecular flexibility index (Phi) is 6.91. The van der Waals surface area contributed by atoms with Crippen molar-refractivity contribution in [1.82, 2.24) is 10.6 Å². The van der Waals surface area contributed by atoms with Crippen LogP contribution in [0.5, 0.6) is 0 Å². The fourth-order valence-corrected chi connectivity index (χ4v) is 14.8. The van der Waals surface area contributed by atoms with Gasteiger partial charge in [0.1, 0.15) is 5.78 Å². The first-order valence-corrected chi connectivity index (χ1v) is 18.5. The van der Waals surface area contributed by atoms with Crippen LogP contribution in [0.2, 0.25) is 0 Å². The van der Waals surface area contributed by atoms with Gasteiger partial charge >= 0.3 is 11.9 Å². The number of ketones is 1. The molecule has 4 N–H and O–H groups in total. The van der Waals surface area contributed by atoms with Crippen LogP contribution in [0.25, 0.3) is 0 Å². The third kappa shape index (κ3) is 4.05. The number of carboxylic acids is 2. The van der Waals surface area contributed by atoms with Crippen molar-refractivity contribution in [3.05, 3.63) is 23.5 Å². The first kappa shape index (κ1) is 32.2. The topological polar surface area (TPSA) is 150 Å². The molecule has 2 heterocycles. The lowest BCUT2D eigenvalue weighted by Crippen LogP contribution is -2.60. The van der Waals surface area contributed by atoms with Crippen LogP contribution in [0.15, 0.2) is 23.5 Å². The Balaban J connectivity index is 1.17. The number of carbonyl (C=O) groups excluding carboxylic acids is 3. The van der Waals surface area contributed by atoms with Crippen molar-refractivity contribution in [2.24, 2.45) is 86.8 Å². The molecular formula is C39H52N2O7. The minimum atomic E-state index is -0.880. The highest BCUT2D eigenvalue weighted by molar-refractivity contribution is 5.88. The Morgan fingerprint density at radius 3 is 2.15 bits per heavy atom. The van der Waals surface area contributed by atoms with E-state index in [0.717, 1.165) is 37.1 Å². The largest absolute Gasteiger partial charge is 0.481 e. The van der Waals surface area contributed by atoms with E-state index in [4.69, 9.17) is 0 Å². The summed E-state index contributed by atoms with van der Waals surface area (Å²) in [6, 6.07) is 0. The maximum atomic E-state index is 14.3. The lowest BCUT2D eigenvalue weighted by molar-refractivity contribution is -0.158. The van der Waals surface area contributed by atoms with Crippen molar-refractivity contribution in [1.29, 1.82) is 0 Å². The second-order valence-corrected chi connectivity index (χ2v) is 18.4. The highest BCUT2D eigenvalue weighted by Gasteiger charge is 2.69. The minimum Gasteiger partial charge on any atom is -0.481 e. The van der Waals surface area contributed by atoms with Gasteiger partial charge in [-0.2, -0.15) is 0 Å². The molecule has 8 aliphatic rings. The molecule has 0 spiro atoms. The predicted octanol–water partition coefficient (Wildman–Crippen LogP) is 5.56. The number of allylic oxidation sites excluding steroid dienone is 4. The van der Waals surface area contributed by atoms with E-state index in [1.54, 1.807) is 0 Å². The predicted molar refractivity (Wildman–Crippen MR) is 175 cm³/mol. The van der Waals surface area contributed by atoms with E-state index in [1.807, 2.05) is 6.92 Å². The molecule has 9 unspecified atom stereocenters. The number of aliphatic carboxylic acids is 2.